The van der Waals surface area contributed by atoms with E-state index in [9.17, 15) is 4.79 Å². The van der Waals surface area contributed by atoms with Gasteiger partial charge in [-0.05, 0) is 72.9 Å². The molecule has 0 fully saturated rings. The molecule has 0 aliphatic heterocycles. The SMILES string of the molecule is CCCCCCCCCCCCCCCCCCOC(C)c1ccc(-c2ccc(OC(=O)c3ccc(OCCCCCCCCCCCC)cc3)cc2)cc1. The summed E-state index contributed by atoms with van der Waals surface area (Å²) in [6.45, 7) is 8.23. The lowest BCUT2D eigenvalue weighted by Crippen LogP contribution is -2.08. The van der Waals surface area contributed by atoms with Gasteiger partial charge in [-0.15, -0.1) is 0 Å². The van der Waals surface area contributed by atoms with Crippen LogP contribution < -0.4 is 9.47 Å². The van der Waals surface area contributed by atoms with Crippen LogP contribution >= 0.6 is 0 Å². The average molecular weight is 755 g/mol. The fourth-order valence-electron chi connectivity index (χ4n) is 7.30. The normalized spacial score (nSPS) is 11.8. The summed E-state index contributed by atoms with van der Waals surface area (Å²) in [5.74, 6) is 0.953. The summed E-state index contributed by atoms with van der Waals surface area (Å²) in [6.07, 6.45) is 35.3. The zero-order chi connectivity index (χ0) is 39.0. The maximum Gasteiger partial charge on any atom is 0.343 e. The Bertz CT molecular complexity index is 1330. The zero-order valence-corrected chi connectivity index (χ0v) is 35.4. The molecule has 55 heavy (non-hydrogen) atoms. The highest BCUT2D eigenvalue weighted by Gasteiger charge is 2.11. The number of hydrogen-bond donors (Lipinski definition) is 0. The van der Waals surface area contributed by atoms with Crippen molar-refractivity contribution < 1.29 is 19.0 Å². The van der Waals surface area contributed by atoms with Gasteiger partial charge in [-0.1, -0.05) is 204 Å². The molecule has 0 aliphatic rings. The predicted octanol–water partition coefficient (Wildman–Crippen LogP) is 16.2. The van der Waals surface area contributed by atoms with Gasteiger partial charge in [0.15, 0.2) is 0 Å². The number of esters is 1. The largest absolute Gasteiger partial charge is 0.494 e. The summed E-state index contributed by atoms with van der Waals surface area (Å²) >= 11 is 0. The van der Waals surface area contributed by atoms with Crippen LogP contribution in [0.15, 0.2) is 72.8 Å². The van der Waals surface area contributed by atoms with Crippen molar-refractivity contribution in [3.05, 3.63) is 83.9 Å². The van der Waals surface area contributed by atoms with Crippen molar-refractivity contribution in [1.82, 2.24) is 0 Å². The first-order chi connectivity index (χ1) is 27.1. The molecule has 3 rings (SSSR count). The Morgan fingerprint density at radius 2 is 0.800 bits per heavy atom. The van der Waals surface area contributed by atoms with Gasteiger partial charge in [0, 0.05) is 6.61 Å². The quantitative estimate of drug-likeness (QED) is 0.0346. The van der Waals surface area contributed by atoms with Crippen molar-refractivity contribution in [2.45, 2.75) is 194 Å². The molecule has 1 unspecified atom stereocenters. The first-order valence-electron chi connectivity index (χ1n) is 22.9. The first kappa shape index (κ1) is 46.3. The van der Waals surface area contributed by atoms with Gasteiger partial charge in [0.1, 0.15) is 11.5 Å². The van der Waals surface area contributed by atoms with E-state index in [0.29, 0.717) is 17.9 Å². The van der Waals surface area contributed by atoms with Gasteiger partial charge in [-0.2, -0.15) is 0 Å². The zero-order valence-electron chi connectivity index (χ0n) is 35.4. The van der Waals surface area contributed by atoms with Crippen molar-refractivity contribution in [2.24, 2.45) is 0 Å². The van der Waals surface area contributed by atoms with E-state index in [0.717, 1.165) is 36.3 Å². The molecular formula is C51H78O4. The van der Waals surface area contributed by atoms with E-state index in [1.165, 1.54) is 160 Å². The lowest BCUT2D eigenvalue weighted by atomic mass is 10.0. The number of unbranched alkanes of at least 4 members (excludes halogenated alkanes) is 24. The Morgan fingerprint density at radius 3 is 1.24 bits per heavy atom. The number of rotatable bonds is 34. The van der Waals surface area contributed by atoms with Crippen molar-refractivity contribution in [2.75, 3.05) is 13.2 Å². The summed E-state index contributed by atoms with van der Waals surface area (Å²) in [4.78, 5) is 12.8. The molecule has 306 valence electrons. The van der Waals surface area contributed by atoms with Gasteiger partial charge in [-0.25, -0.2) is 4.79 Å². The fourth-order valence-corrected chi connectivity index (χ4v) is 7.30. The lowest BCUT2D eigenvalue weighted by molar-refractivity contribution is 0.0627. The lowest BCUT2D eigenvalue weighted by Gasteiger charge is -2.14. The summed E-state index contributed by atoms with van der Waals surface area (Å²) in [5, 5.41) is 0. The van der Waals surface area contributed by atoms with E-state index in [4.69, 9.17) is 14.2 Å². The number of ether oxygens (including phenoxy) is 3. The minimum absolute atomic E-state index is 0.0809. The average Bonchev–Trinajstić information content (AvgIpc) is 3.21. The Balaban J connectivity index is 1.22. The van der Waals surface area contributed by atoms with Gasteiger partial charge in [0.25, 0.3) is 0 Å². The summed E-state index contributed by atoms with van der Waals surface area (Å²) < 4.78 is 17.8. The van der Waals surface area contributed by atoms with Crippen molar-refractivity contribution >= 4 is 5.97 Å². The van der Waals surface area contributed by atoms with Crippen molar-refractivity contribution in [1.29, 1.82) is 0 Å². The molecule has 0 saturated carbocycles. The number of carbonyl (C=O) groups excluding carboxylic acids is 1. The molecule has 0 bridgehead atoms. The molecule has 3 aromatic carbocycles. The summed E-state index contributed by atoms with van der Waals surface area (Å²) in [7, 11) is 0. The Kier molecular flexibility index (Phi) is 26.1. The highest BCUT2D eigenvalue weighted by Crippen LogP contribution is 2.26. The first-order valence-corrected chi connectivity index (χ1v) is 22.9. The molecule has 0 aromatic heterocycles. The third-order valence-corrected chi connectivity index (χ3v) is 11.0. The van der Waals surface area contributed by atoms with Gasteiger partial charge < -0.3 is 14.2 Å². The van der Waals surface area contributed by atoms with E-state index in [2.05, 4.69) is 45.0 Å². The van der Waals surface area contributed by atoms with Crippen LogP contribution in [0.4, 0.5) is 0 Å². The molecule has 1 atom stereocenters. The monoisotopic (exact) mass is 755 g/mol. The third-order valence-electron chi connectivity index (χ3n) is 11.0. The second kappa shape index (κ2) is 31.0. The van der Waals surface area contributed by atoms with Crippen LogP contribution in [0, 0.1) is 0 Å². The smallest absolute Gasteiger partial charge is 0.343 e. The third kappa shape index (κ3) is 21.7. The standard InChI is InChI=1S/C51H78O4/c1-4-6-8-10-12-14-16-17-18-19-20-21-23-24-26-28-42-53-44(3)45-30-32-46(33-31-45)47-34-40-50(41-35-47)55-51(52)48-36-38-49(39-37-48)54-43-29-27-25-22-15-13-11-9-7-5-2/h30-41,44H,4-29,42-43H2,1-3H3. The van der Waals surface area contributed by atoms with E-state index < -0.39 is 0 Å². The minimum atomic E-state index is -0.369. The van der Waals surface area contributed by atoms with E-state index >= 15 is 0 Å². The molecule has 0 amide bonds. The molecule has 0 aliphatic carbocycles. The van der Waals surface area contributed by atoms with Crippen LogP contribution in [0.5, 0.6) is 11.5 Å². The highest BCUT2D eigenvalue weighted by molar-refractivity contribution is 5.91. The van der Waals surface area contributed by atoms with Crippen LogP contribution in [0.1, 0.15) is 210 Å². The summed E-state index contributed by atoms with van der Waals surface area (Å²) in [6, 6.07) is 23.6. The summed E-state index contributed by atoms with van der Waals surface area (Å²) in [5.41, 5.74) is 3.91. The maximum absolute atomic E-state index is 12.8. The molecule has 4 nitrogen and oxygen atoms in total. The van der Waals surface area contributed by atoms with Crippen LogP contribution in [0.2, 0.25) is 0 Å². The Labute approximate surface area is 337 Å². The molecule has 0 radical (unpaired) electrons. The number of hydrogen-bond acceptors (Lipinski definition) is 4. The maximum atomic E-state index is 12.8. The van der Waals surface area contributed by atoms with Gasteiger partial charge in [0.05, 0.1) is 18.3 Å². The second-order valence-corrected chi connectivity index (χ2v) is 15.9. The molecular weight excluding hydrogens is 677 g/mol. The molecule has 0 heterocycles. The topological polar surface area (TPSA) is 44.8 Å². The van der Waals surface area contributed by atoms with Crippen molar-refractivity contribution in [3.8, 4) is 22.6 Å². The Hall–Kier alpha value is -3.11. The molecule has 0 spiro atoms. The van der Waals surface area contributed by atoms with Gasteiger partial charge in [0.2, 0.25) is 0 Å². The van der Waals surface area contributed by atoms with Crippen LogP contribution in [0.3, 0.4) is 0 Å². The van der Waals surface area contributed by atoms with Crippen LogP contribution in [0.25, 0.3) is 11.1 Å². The second-order valence-electron chi connectivity index (χ2n) is 15.9. The van der Waals surface area contributed by atoms with E-state index in [1.807, 2.05) is 36.4 Å². The Morgan fingerprint density at radius 1 is 0.436 bits per heavy atom. The highest BCUT2D eigenvalue weighted by atomic mass is 16.5. The van der Waals surface area contributed by atoms with E-state index in [-0.39, 0.29) is 12.1 Å². The molecule has 0 N–H and O–H groups in total. The number of carbonyl (C=O) groups is 1. The van der Waals surface area contributed by atoms with Crippen LogP contribution in [-0.2, 0) is 4.74 Å². The predicted molar refractivity (Wildman–Crippen MR) is 235 cm³/mol. The molecule has 4 heteroatoms. The van der Waals surface area contributed by atoms with Crippen molar-refractivity contribution in [3.63, 3.8) is 0 Å². The fraction of sp³-hybridized carbons (Fsp3) is 0.627. The van der Waals surface area contributed by atoms with E-state index in [1.54, 1.807) is 12.1 Å². The minimum Gasteiger partial charge on any atom is -0.494 e. The number of benzene rings is 3. The molecule has 3 aromatic rings. The molecule has 0 saturated heterocycles. The van der Waals surface area contributed by atoms with Gasteiger partial charge in [-0.3, -0.25) is 0 Å². The van der Waals surface area contributed by atoms with Crippen LogP contribution in [-0.4, -0.2) is 19.2 Å². The van der Waals surface area contributed by atoms with Gasteiger partial charge >= 0.3 is 5.97 Å².